The zero-order chi connectivity index (χ0) is 20.5. The van der Waals surface area contributed by atoms with Crippen LogP contribution in [0.25, 0.3) is 11.5 Å². The molecule has 156 valence electrons. The maximum Gasteiger partial charge on any atom is 0.307 e. The molecule has 2 aromatic heterocycles. The van der Waals surface area contributed by atoms with Gasteiger partial charge in [0.15, 0.2) is 5.82 Å². The van der Waals surface area contributed by atoms with Gasteiger partial charge < -0.3 is 14.4 Å². The third-order valence-corrected chi connectivity index (χ3v) is 7.10. The van der Waals surface area contributed by atoms with Crippen molar-refractivity contribution in [2.45, 2.75) is 64.9 Å². The van der Waals surface area contributed by atoms with Gasteiger partial charge in [0.25, 0.3) is 5.89 Å². The Bertz CT molecular complexity index is 916. The van der Waals surface area contributed by atoms with Crippen LogP contribution in [0.4, 0.5) is 0 Å². The fourth-order valence-electron chi connectivity index (χ4n) is 4.33. The van der Waals surface area contributed by atoms with Crippen LogP contribution in [0.3, 0.4) is 0 Å². The first-order chi connectivity index (χ1) is 14.0. The first-order valence-corrected chi connectivity index (χ1v) is 11.1. The first kappa shape index (κ1) is 20.2. The summed E-state index contributed by atoms with van der Waals surface area (Å²) in [5.74, 6) is -0.611. The second kappa shape index (κ2) is 8.36. The van der Waals surface area contributed by atoms with Crippen LogP contribution in [-0.2, 0) is 33.8 Å². The number of carbonyl (C=O) groups excluding carboxylic acids is 1. The van der Waals surface area contributed by atoms with E-state index in [0.717, 1.165) is 40.1 Å². The largest absolute Gasteiger partial charge is 0.481 e. The van der Waals surface area contributed by atoms with Gasteiger partial charge in [0, 0.05) is 28.0 Å². The third kappa shape index (κ3) is 4.00. The zero-order valence-electron chi connectivity index (χ0n) is 16.8. The Balaban J connectivity index is 1.67. The molecule has 0 unspecified atom stereocenters. The first-order valence-electron chi connectivity index (χ1n) is 10.3. The number of carbonyl (C=O) groups is 2. The Hall–Kier alpha value is -2.06. The van der Waals surface area contributed by atoms with E-state index in [1.54, 1.807) is 11.3 Å². The average molecular weight is 419 g/mol. The maximum atomic E-state index is 13.1. The highest BCUT2D eigenvalue weighted by atomic mass is 32.1. The van der Waals surface area contributed by atoms with Gasteiger partial charge in [-0.3, -0.25) is 9.59 Å². The van der Waals surface area contributed by atoms with Crippen LogP contribution in [0, 0.1) is 11.8 Å². The Labute approximate surface area is 173 Å². The Kier molecular flexibility index (Phi) is 5.83. The molecule has 0 bridgehead atoms. The topological polar surface area (TPSA) is 103 Å². The predicted molar refractivity (Wildman–Crippen MR) is 107 cm³/mol. The number of nitrogens with zero attached hydrogens (tertiary/aromatic N) is 2. The molecule has 1 aliphatic carbocycles. The van der Waals surface area contributed by atoms with E-state index in [1.807, 2.05) is 13.8 Å². The van der Waals surface area contributed by atoms with Gasteiger partial charge in [0.05, 0.1) is 24.7 Å². The molecule has 0 radical (unpaired) electrons. The van der Waals surface area contributed by atoms with Crippen molar-refractivity contribution in [3.8, 4) is 11.5 Å². The second-order valence-corrected chi connectivity index (χ2v) is 9.39. The molecule has 7 nitrogen and oxygen atoms in total. The van der Waals surface area contributed by atoms with Crippen LogP contribution in [-0.4, -0.2) is 33.6 Å². The molecule has 2 aromatic rings. The number of Topliss-reactive ketones (excluding diaryl/α,β-unsaturated/α-hetero) is 1. The molecule has 1 N–H and O–H groups in total. The van der Waals surface area contributed by atoms with Gasteiger partial charge in [0.2, 0.25) is 0 Å². The number of hydrogen-bond acceptors (Lipinski definition) is 7. The number of hydrogen-bond donors (Lipinski definition) is 1. The molecular formula is C21H26N2O5S. The van der Waals surface area contributed by atoms with Gasteiger partial charge in [-0.1, -0.05) is 31.8 Å². The third-order valence-electron chi connectivity index (χ3n) is 5.90. The summed E-state index contributed by atoms with van der Waals surface area (Å²) in [6.07, 6.45) is 3.96. The lowest BCUT2D eigenvalue weighted by Gasteiger charge is -2.27. The van der Waals surface area contributed by atoms with Crippen LogP contribution < -0.4 is 0 Å². The van der Waals surface area contributed by atoms with Gasteiger partial charge in [-0.05, 0) is 24.8 Å². The number of ketones is 1. The number of thiophene rings is 1. The summed E-state index contributed by atoms with van der Waals surface area (Å²) >= 11 is 1.56. The van der Waals surface area contributed by atoms with Crippen LogP contribution in [0.15, 0.2) is 4.52 Å². The predicted octanol–water partition coefficient (Wildman–Crippen LogP) is 4.00. The molecule has 0 amide bonds. The summed E-state index contributed by atoms with van der Waals surface area (Å²) in [6.45, 7) is 5.16. The molecule has 1 aliphatic heterocycles. The van der Waals surface area contributed by atoms with Gasteiger partial charge >= 0.3 is 5.97 Å². The van der Waals surface area contributed by atoms with Gasteiger partial charge in [-0.2, -0.15) is 4.98 Å². The number of aromatic nitrogens is 2. The number of rotatable bonds is 6. The Morgan fingerprint density at radius 3 is 2.69 bits per heavy atom. The number of carboxylic acids is 1. The van der Waals surface area contributed by atoms with Crippen molar-refractivity contribution in [2.75, 3.05) is 6.61 Å². The highest BCUT2D eigenvalue weighted by molar-refractivity contribution is 7.12. The van der Waals surface area contributed by atoms with Gasteiger partial charge in [-0.25, -0.2) is 0 Å². The zero-order valence-corrected chi connectivity index (χ0v) is 17.6. The van der Waals surface area contributed by atoms with E-state index in [1.165, 1.54) is 0 Å². The molecule has 0 aromatic carbocycles. The molecule has 4 rings (SSSR count). The quantitative estimate of drug-likeness (QED) is 0.756. The summed E-state index contributed by atoms with van der Waals surface area (Å²) in [5.41, 5.74) is 1.99. The van der Waals surface area contributed by atoms with Crippen molar-refractivity contribution in [1.29, 1.82) is 0 Å². The molecule has 29 heavy (non-hydrogen) atoms. The van der Waals surface area contributed by atoms with Crippen LogP contribution in [0.1, 0.15) is 66.6 Å². The number of carboxylic acid groups (broad SMARTS) is 1. The standard InChI is InChI=1S/C21H26N2O5S/c1-11(2)19-22-20(28-23-19)18-14-7-8-27-10-17(14)29-16(18)9-15(24)12-5-3-4-6-13(12)21(25)26/h11-13H,3-10H2,1-2H3,(H,25,26)/t12-,13-/m0/s1. The van der Waals surface area contributed by atoms with Crippen molar-refractivity contribution in [1.82, 2.24) is 10.1 Å². The molecule has 0 spiro atoms. The maximum absolute atomic E-state index is 13.1. The molecule has 0 saturated heterocycles. The Morgan fingerprint density at radius 2 is 2.00 bits per heavy atom. The molecule has 3 heterocycles. The monoisotopic (exact) mass is 418 g/mol. The highest BCUT2D eigenvalue weighted by Gasteiger charge is 2.36. The van der Waals surface area contributed by atoms with E-state index in [0.29, 0.717) is 37.8 Å². The van der Waals surface area contributed by atoms with E-state index in [2.05, 4.69) is 10.1 Å². The lowest BCUT2D eigenvalue weighted by Crippen LogP contribution is -2.33. The number of ether oxygens (including phenoxy) is 1. The minimum Gasteiger partial charge on any atom is -0.481 e. The number of aliphatic carboxylic acids is 1. The summed E-state index contributed by atoms with van der Waals surface area (Å²) in [5, 5.41) is 13.6. The van der Waals surface area contributed by atoms with Crippen molar-refractivity contribution in [2.24, 2.45) is 11.8 Å². The summed E-state index contributed by atoms with van der Waals surface area (Å²) in [6, 6.07) is 0. The van der Waals surface area contributed by atoms with E-state index >= 15 is 0 Å². The van der Waals surface area contributed by atoms with Gasteiger partial charge in [0.1, 0.15) is 5.78 Å². The highest BCUT2D eigenvalue weighted by Crippen LogP contribution is 2.41. The molecule has 1 fully saturated rings. The minimum atomic E-state index is -0.861. The summed E-state index contributed by atoms with van der Waals surface area (Å²) in [4.78, 5) is 31.3. The molecule has 2 aliphatic rings. The van der Waals surface area contributed by atoms with Crippen molar-refractivity contribution in [3.63, 3.8) is 0 Å². The van der Waals surface area contributed by atoms with E-state index in [-0.39, 0.29) is 18.1 Å². The van der Waals surface area contributed by atoms with Gasteiger partial charge in [-0.15, -0.1) is 11.3 Å². The molecule has 1 saturated carbocycles. The number of fused-ring (bicyclic) bond motifs is 1. The normalized spacial score (nSPS) is 21.9. The van der Waals surface area contributed by atoms with E-state index in [4.69, 9.17) is 9.26 Å². The van der Waals surface area contributed by atoms with E-state index < -0.39 is 17.8 Å². The van der Waals surface area contributed by atoms with Crippen molar-refractivity contribution >= 4 is 23.1 Å². The van der Waals surface area contributed by atoms with Crippen LogP contribution in [0.5, 0.6) is 0 Å². The fourth-order valence-corrected chi connectivity index (χ4v) is 5.63. The van der Waals surface area contributed by atoms with E-state index in [9.17, 15) is 14.7 Å². The summed E-state index contributed by atoms with van der Waals surface area (Å²) < 4.78 is 11.2. The lowest BCUT2D eigenvalue weighted by atomic mass is 9.76. The summed E-state index contributed by atoms with van der Waals surface area (Å²) in [7, 11) is 0. The lowest BCUT2D eigenvalue weighted by molar-refractivity contribution is -0.148. The smallest absolute Gasteiger partial charge is 0.307 e. The Morgan fingerprint density at radius 1 is 1.24 bits per heavy atom. The van der Waals surface area contributed by atoms with Crippen LogP contribution in [0.2, 0.25) is 0 Å². The van der Waals surface area contributed by atoms with Crippen LogP contribution >= 0.6 is 11.3 Å². The SMILES string of the molecule is CC(C)c1noc(-c2c(CC(=O)[C@H]3CCCC[C@@H]3C(=O)O)sc3c2CCOC3)n1. The molecule has 8 heteroatoms. The average Bonchev–Trinajstić information content (AvgIpc) is 3.32. The van der Waals surface area contributed by atoms with Crippen molar-refractivity contribution in [3.05, 3.63) is 21.1 Å². The van der Waals surface area contributed by atoms with Crippen molar-refractivity contribution < 1.29 is 24.0 Å². The fraction of sp³-hybridized carbons (Fsp3) is 0.619. The molecule has 2 atom stereocenters. The molecular weight excluding hydrogens is 392 g/mol. The second-order valence-electron chi connectivity index (χ2n) is 8.20. The minimum absolute atomic E-state index is 0.00136.